The summed E-state index contributed by atoms with van der Waals surface area (Å²) in [6.45, 7) is 1.35. The summed E-state index contributed by atoms with van der Waals surface area (Å²) in [5.74, 6) is 0.465. The molecule has 0 saturated carbocycles. The third-order valence-corrected chi connectivity index (χ3v) is 4.24. The van der Waals surface area contributed by atoms with Crippen LogP contribution in [0.1, 0.15) is 18.4 Å². The molecule has 1 aliphatic rings. The minimum Gasteiger partial charge on any atom is -0.381 e. The zero-order valence-electron chi connectivity index (χ0n) is 11.1. The Hall–Kier alpha value is -1.69. The Labute approximate surface area is 118 Å². The van der Waals surface area contributed by atoms with Crippen molar-refractivity contribution in [2.75, 3.05) is 25.2 Å². The van der Waals surface area contributed by atoms with Crippen LogP contribution in [0.5, 0.6) is 0 Å². The first-order valence-electron chi connectivity index (χ1n) is 6.17. The summed E-state index contributed by atoms with van der Waals surface area (Å²) in [6.07, 6.45) is 2.88. The van der Waals surface area contributed by atoms with Crippen LogP contribution in [0.3, 0.4) is 0 Å². The summed E-state index contributed by atoms with van der Waals surface area (Å²) in [5.41, 5.74) is 0.200. The molecule has 1 saturated heterocycles. The summed E-state index contributed by atoms with van der Waals surface area (Å²) in [5, 5.41) is 14.2. The van der Waals surface area contributed by atoms with Gasteiger partial charge >= 0.3 is 0 Å². The average Bonchev–Trinajstić information content (AvgIpc) is 2.45. The number of hydrogen-bond donors (Lipinski definition) is 1. The van der Waals surface area contributed by atoms with Gasteiger partial charge in [-0.15, -0.1) is 0 Å². The lowest BCUT2D eigenvalue weighted by Gasteiger charge is -2.32. The van der Waals surface area contributed by atoms with Gasteiger partial charge in [-0.25, -0.2) is 18.5 Å². The third-order valence-electron chi connectivity index (χ3n) is 3.36. The normalized spacial score (nSPS) is 16.6. The van der Waals surface area contributed by atoms with Crippen molar-refractivity contribution in [3.63, 3.8) is 0 Å². The van der Waals surface area contributed by atoms with Crippen molar-refractivity contribution in [2.45, 2.75) is 23.8 Å². The fraction of sp³-hybridized carbons (Fsp3) is 0.500. The van der Waals surface area contributed by atoms with Gasteiger partial charge in [-0.05, 0) is 18.9 Å². The van der Waals surface area contributed by atoms with Gasteiger partial charge < -0.3 is 9.64 Å². The molecule has 1 fully saturated rings. The van der Waals surface area contributed by atoms with E-state index in [0.717, 1.165) is 12.8 Å². The highest BCUT2D eigenvalue weighted by Crippen LogP contribution is 2.24. The average molecular weight is 296 g/mol. The van der Waals surface area contributed by atoms with Crippen LogP contribution in [0.15, 0.2) is 17.2 Å². The van der Waals surface area contributed by atoms with Crippen molar-refractivity contribution in [1.82, 2.24) is 4.98 Å². The lowest BCUT2D eigenvalue weighted by atomic mass is 10.1. The Morgan fingerprint density at radius 3 is 2.70 bits per heavy atom. The molecule has 0 atom stereocenters. The molecule has 0 spiro atoms. The van der Waals surface area contributed by atoms with Crippen molar-refractivity contribution in [1.29, 1.82) is 5.26 Å². The smallest absolute Gasteiger partial charge is 0.239 e. The summed E-state index contributed by atoms with van der Waals surface area (Å²) in [6, 6.07) is 3.46. The van der Waals surface area contributed by atoms with Gasteiger partial charge in [0.15, 0.2) is 0 Å². The molecule has 0 unspecified atom stereocenters. The maximum atomic E-state index is 11.3. The largest absolute Gasteiger partial charge is 0.381 e. The van der Waals surface area contributed by atoms with Crippen molar-refractivity contribution in [3.8, 4) is 6.07 Å². The van der Waals surface area contributed by atoms with Crippen LogP contribution in [-0.2, 0) is 14.8 Å². The SMILES string of the molecule is CN(c1ncc(S(N)(=O)=O)cc1C#N)C1CCOCC1. The minimum atomic E-state index is -3.85. The van der Waals surface area contributed by atoms with Gasteiger partial charge in [-0.1, -0.05) is 0 Å². The molecule has 2 rings (SSSR count). The lowest BCUT2D eigenvalue weighted by molar-refractivity contribution is 0.0853. The summed E-state index contributed by atoms with van der Waals surface area (Å²) < 4.78 is 27.9. The predicted octanol–water partition coefficient (Wildman–Crippen LogP) is 0.216. The predicted molar refractivity (Wildman–Crippen MR) is 72.6 cm³/mol. The van der Waals surface area contributed by atoms with Crippen molar-refractivity contribution >= 4 is 15.8 Å². The van der Waals surface area contributed by atoms with E-state index in [0.29, 0.717) is 19.0 Å². The van der Waals surface area contributed by atoms with E-state index in [1.807, 2.05) is 18.0 Å². The van der Waals surface area contributed by atoms with Crippen LogP contribution in [0, 0.1) is 11.3 Å². The Kier molecular flexibility index (Phi) is 4.23. The molecule has 7 nitrogen and oxygen atoms in total. The standard InChI is InChI=1S/C12H16N4O3S/c1-16(10-2-4-19-5-3-10)12-9(7-13)6-11(8-15-12)20(14,17)18/h6,8,10H,2-5H2,1H3,(H2,14,17,18). The Morgan fingerprint density at radius 2 is 2.15 bits per heavy atom. The van der Waals surface area contributed by atoms with E-state index in [9.17, 15) is 13.7 Å². The van der Waals surface area contributed by atoms with Gasteiger partial charge in [0.05, 0.1) is 5.56 Å². The van der Waals surface area contributed by atoms with Crippen LogP contribution in [0.4, 0.5) is 5.82 Å². The number of primary sulfonamides is 1. The minimum absolute atomic E-state index is 0.154. The first kappa shape index (κ1) is 14.7. The van der Waals surface area contributed by atoms with E-state index in [1.165, 1.54) is 12.3 Å². The summed E-state index contributed by atoms with van der Waals surface area (Å²) in [7, 11) is -2.01. The van der Waals surface area contributed by atoms with E-state index in [2.05, 4.69) is 4.98 Å². The molecule has 1 aromatic heterocycles. The fourth-order valence-electron chi connectivity index (χ4n) is 2.20. The number of anilines is 1. The zero-order chi connectivity index (χ0) is 14.8. The van der Waals surface area contributed by atoms with Gasteiger partial charge in [0, 0.05) is 32.5 Å². The second-order valence-corrected chi connectivity index (χ2v) is 6.21. The maximum absolute atomic E-state index is 11.3. The fourth-order valence-corrected chi connectivity index (χ4v) is 2.68. The molecule has 108 valence electrons. The van der Waals surface area contributed by atoms with E-state index in [4.69, 9.17) is 9.88 Å². The van der Waals surface area contributed by atoms with Crippen LogP contribution >= 0.6 is 0 Å². The van der Waals surface area contributed by atoms with E-state index < -0.39 is 10.0 Å². The number of aromatic nitrogens is 1. The van der Waals surface area contributed by atoms with Gasteiger partial charge in [-0.3, -0.25) is 0 Å². The van der Waals surface area contributed by atoms with Gasteiger partial charge in [0.1, 0.15) is 16.8 Å². The second kappa shape index (κ2) is 5.75. The number of pyridine rings is 1. The number of rotatable bonds is 3. The second-order valence-electron chi connectivity index (χ2n) is 4.65. The zero-order valence-corrected chi connectivity index (χ0v) is 11.9. The molecule has 2 N–H and O–H groups in total. The van der Waals surface area contributed by atoms with Crippen molar-refractivity contribution in [2.24, 2.45) is 5.14 Å². The highest BCUT2D eigenvalue weighted by molar-refractivity contribution is 7.89. The number of nitriles is 1. The molecule has 0 amide bonds. The molecule has 1 aliphatic heterocycles. The monoisotopic (exact) mass is 296 g/mol. The molecule has 0 aromatic carbocycles. The van der Waals surface area contributed by atoms with E-state index in [1.54, 1.807) is 0 Å². The van der Waals surface area contributed by atoms with Crippen molar-refractivity contribution < 1.29 is 13.2 Å². The van der Waals surface area contributed by atoms with Gasteiger partial charge in [0.2, 0.25) is 10.0 Å². The number of nitrogens with zero attached hydrogens (tertiary/aromatic N) is 3. The summed E-state index contributed by atoms with van der Waals surface area (Å²) in [4.78, 5) is 5.84. The number of sulfonamides is 1. The third kappa shape index (κ3) is 3.07. The van der Waals surface area contributed by atoms with Crippen LogP contribution < -0.4 is 10.0 Å². The molecular formula is C12H16N4O3S. The lowest BCUT2D eigenvalue weighted by Crippen LogP contribution is -2.37. The highest BCUT2D eigenvalue weighted by Gasteiger charge is 2.22. The molecule has 0 radical (unpaired) electrons. The van der Waals surface area contributed by atoms with Crippen LogP contribution in [0.2, 0.25) is 0 Å². The molecule has 2 heterocycles. The Morgan fingerprint density at radius 1 is 1.50 bits per heavy atom. The highest BCUT2D eigenvalue weighted by atomic mass is 32.2. The summed E-state index contributed by atoms with van der Waals surface area (Å²) >= 11 is 0. The van der Waals surface area contributed by atoms with Crippen molar-refractivity contribution in [3.05, 3.63) is 17.8 Å². The van der Waals surface area contributed by atoms with Gasteiger partial charge in [0.25, 0.3) is 0 Å². The van der Waals surface area contributed by atoms with Gasteiger partial charge in [-0.2, -0.15) is 5.26 Å². The number of nitrogens with two attached hydrogens (primary N) is 1. The topological polar surface area (TPSA) is 109 Å². The molecule has 0 aliphatic carbocycles. The molecule has 0 bridgehead atoms. The Bertz CT molecular complexity index is 633. The molecule has 1 aromatic rings. The molecule has 8 heteroatoms. The van der Waals surface area contributed by atoms with E-state index >= 15 is 0 Å². The molecule has 20 heavy (non-hydrogen) atoms. The number of ether oxygens (including phenoxy) is 1. The van der Waals surface area contributed by atoms with Crippen LogP contribution in [-0.4, -0.2) is 39.7 Å². The Balaban J connectivity index is 2.34. The number of hydrogen-bond acceptors (Lipinski definition) is 6. The molecular weight excluding hydrogens is 280 g/mol. The first-order valence-corrected chi connectivity index (χ1v) is 7.71. The maximum Gasteiger partial charge on any atom is 0.239 e. The quantitative estimate of drug-likeness (QED) is 0.854. The van der Waals surface area contributed by atoms with E-state index in [-0.39, 0.29) is 16.5 Å². The first-order chi connectivity index (χ1) is 9.43. The van der Waals surface area contributed by atoms with Crippen LogP contribution in [0.25, 0.3) is 0 Å².